The topological polar surface area (TPSA) is 0 Å². The Kier molecular flexibility index (Phi) is 3.63. The summed E-state index contributed by atoms with van der Waals surface area (Å²) >= 11 is 0. The second-order valence-corrected chi connectivity index (χ2v) is 10.1. The molecule has 0 aromatic rings. The normalized spacial score (nSPS) is 26.7. The van der Waals surface area contributed by atoms with Gasteiger partial charge in [-0.2, -0.15) is 0 Å². The van der Waals surface area contributed by atoms with E-state index in [2.05, 4.69) is 13.1 Å². The molecule has 0 N–H and O–H groups in total. The zero-order valence-corrected chi connectivity index (χ0v) is 9.16. The first-order valence-electron chi connectivity index (χ1n) is 5.21. The second kappa shape index (κ2) is 4.29. The first-order chi connectivity index (χ1) is 5.21. The quantitative estimate of drug-likeness (QED) is 0.481. The van der Waals surface area contributed by atoms with Crippen molar-refractivity contribution >= 4 is 8.07 Å². The lowest BCUT2D eigenvalue weighted by atomic mass is 10.1. The lowest BCUT2D eigenvalue weighted by Crippen LogP contribution is -2.23. The largest absolute Gasteiger partial charge is 0.0693 e. The van der Waals surface area contributed by atoms with E-state index in [4.69, 9.17) is 0 Å². The van der Waals surface area contributed by atoms with Crippen molar-refractivity contribution in [2.24, 2.45) is 0 Å². The Hall–Kier alpha value is 0.217. The van der Waals surface area contributed by atoms with Gasteiger partial charge in [-0.05, 0) is 0 Å². The number of hydrogen-bond acceptors (Lipinski definition) is 0. The van der Waals surface area contributed by atoms with Crippen LogP contribution in [0.1, 0.15) is 38.5 Å². The maximum atomic E-state index is 2.57. The van der Waals surface area contributed by atoms with Gasteiger partial charge in [0, 0.05) is 8.07 Å². The molecule has 0 aromatic heterocycles. The summed E-state index contributed by atoms with van der Waals surface area (Å²) in [5.74, 6) is 0. The van der Waals surface area contributed by atoms with Crippen molar-refractivity contribution < 1.29 is 0 Å². The first-order valence-corrected chi connectivity index (χ1v) is 8.62. The monoisotopic (exact) mass is 170 g/mol. The summed E-state index contributed by atoms with van der Waals surface area (Å²) in [5.41, 5.74) is 0. The van der Waals surface area contributed by atoms with Crippen molar-refractivity contribution in [3.05, 3.63) is 0 Å². The third-order valence-corrected chi connectivity index (χ3v) is 6.37. The van der Waals surface area contributed by atoms with Crippen LogP contribution in [0.2, 0.25) is 25.2 Å². The van der Waals surface area contributed by atoms with Crippen LogP contribution in [0, 0.1) is 0 Å². The van der Waals surface area contributed by atoms with E-state index in [0.717, 1.165) is 0 Å². The summed E-state index contributed by atoms with van der Waals surface area (Å²) in [5, 5.41) is 0. The molecule has 1 aliphatic heterocycles. The average Bonchev–Trinajstić information content (AvgIpc) is 2.00. The fourth-order valence-electron chi connectivity index (χ4n) is 2.04. The van der Waals surface area contributed by atoms with Gasteiger partial charge in [-0.1, -0.05) is 63.7 Å². The molecule has 0 spiro atoms. The summed E-state index contributed by atoms with van der Waals surface area (Å²) in [6, 6.07) is 3.18. The maximum Gasteiger partial charge on any atom is 0.0473 e. The van der Waals surface area contributed by atoms with Crippen LogP contribution in [0.15, 0.2) is 0 Å². The molecule has 0 atom stereocenters. The Morgan fingerprint density at radius 1 is 0.636 bits per heavy atom. The predicted octanol–water partition coefficient (Wildman–Crippen LogP) is 4.05. The number of rotatable bonds is 0. The third-order valence-electron chi connectivity index (χ3n) is 2.96. The van der Waals surface area contributed by atoms with Crippen molar-refractivity contribution in [3.63, 3.8) is 0 Å². The molecule has 1 heterocycles. The third kappa shape index (κ3) is 3.95. The Bertz CT molecular complexity index is 95.4. The Morgan fingerprint density at radius 2 is 1.00 bits per heavy atom. The fraction of sp³-hybridized carbons (Fsp3) is 1.00. The molecule has 11 heavy (non-hydrogen) atoms. The van der Waals surface area contributed by atoms with Crippen LogP contribution < -0.4 is 0 Å². The van der Waals surface area contributed by atoms with Crippen LogP contribution in [0.25, 0.3) is 0 Å². The van der Waals surface area contributed by atoms with Crippen LogP contribution in [-0.2, 0) is 0 Å². The lowest BCUT2D eigenvalue weighted by molar-refractivity contribution is 0.633. The fourth-order valence-corrected chi connectivity index (χ4v) is 4.70. The van der Waals surface area contributed by atoms with E-state index >= 15 is 0 Å². The summed E-state index contributed by atoms with van der Waals surface area (Å²) in [6.45, 7) is 5.14. The molecule has 1 heteroatoms. The van der Waals surface area contributed by atoms with Crippen molar-refractivity contribution in [3.8, 4) is 0 Å². The zero-order valence-electron chi connectivity index (χ0n) is 8.16. The standard InChI is InChI=1S/C10H22Si/c1-11(2)9-7-5-3-4-6-8-10-11/h3-10H2,1-2H3. The zero-order chi connectivity index (χ0) is 8.16. The minimum Gasteiger partial charge on any atom is -0.0693 e. The van der Waals surface area contributed by atoms with Gasteiger partial charge in [0.1, 0.15) is 0 Å². The van der Waals surface area contributed by atoms with Gasteiger partial charge in [-0.15, -0.1) is 0 Å². The van der Waals surface area contributed by atoms with Crippen LogP contribution in [-0.4, -0.2) is 8.07 Å². The van der Waals surface area contributed by atoms with Gasteiger partial charge in [-0.3, -0.25) is 0 Å². The van der Waals surface area contributed by atoms with E-state index in [0.29, 0.717) is 0 Å². The molecule has 66 valence electrons. The van der Waals surface area contributed by atoms with E-state index < -0.39 is 8.07 Å². The molecule has 0 unspecified atom stereocenters. The van der Waals surface area contributed by atoms with E-state index in [1.165, 1.54) is 38.5 Å². The maximum absolute atomic E-state index is 2.57. The minimum absolute atomic E-state index is 0.705. The van der Waals surface area contributed by atoms with Gasteiger partial charge in [0.05, 0.1) is 0 Å². The molecule has 1 saturated heterocycles. The highest BCUT2D eigenvalue weighted by Gasteiger charge is 2.19. The van der Waals surface area contributed by atoms with Crippen molar-refractivity contribution in [1.29, 1.82) is 0 Å². The Balaban J connectivity index is 2.31. The van der Waals surface area contributed by atoms with Crippen LogP contribution in [0.5, 0.6) is 0 Å². The Labute approximate surface area is 72.4 Å². The van der Waals surface area contributed by atoms with Crippen LogP contribution >= 0.6 is 0 Å². The van der Waals surface area contributed by atoms with Crippen LogP contribution in [0.4, 0.5) is 0 Å². The smallest absolute Gasteiger partial charge is 0.0473 e. The molecule has 0 aliphatic carbocycles. The molecular weight excluding hydrogens is 148 g/mol. The average molecular weight is 170 g/mol. The molecule has 1 aliphatic rings. The van der Waals surface area contributed by atoms with E-state index in [9.17, 15) is 0 Å². The van der Waals surface area contributed by atoms with Gasteiger partial charge < -0.3 is 0 Å². The van der Waals surface area contributed by atoms with E-state index in [-0.39, 0.29) is 0 Å². The van der Waals surface area contributed by atoms with Gasteiger partial charge >= 0.3 is 0 Å². The minimum atomic E-state index is -0.705. The van der Waals surface area contributed by atoms with Gasteiger partial charge in [0.2, 0.25) is 0 Å². The predicted molar refractivity (Wildman–Crippen MR) is 54.8 cm³/mol. The first kappa shape index (κ1) is 9.31. The highest BCUT2D eigenvalue weighted by atomic mass is 28.3. The molecule has 0 radical (unpaired) electrons. The molecule has 0 aromatic carbocycles. The molecule has 0 amide bonds. The molecule has 1 fully saturated rings. The summed E-state index contributed by atoms with van der Waals surface area (Å²) < 4.78 is 0. The summed E-state index contributed by atoms with van der Waals surface area (Å²) in [4.78, 5) is 0. The van der Waals surface area contributed by atoms with Crippen molar-refractivity contribution in [1.82, 2.24) is 0 Å². The number of hydrogen-bond donors (Lipinski definition) is 0. The highest BCUT2D eigenvalue weighted by Crippen LogP contribution is 2.25. The van der Waals surface area contributed by atoms with Crippen molar-refractivity contribution in [2.75, 3.05) is 0 Å². The lowest BCUT2D eigenvalue weighted by Gasteiger charge is -2.20. The highest BCUT2D eigenvalue weighted by molar-refractivity contribution is 6.77. The summed E-state index contributed by atoms with van der Waals surface area (Å²) in [6.07, 6.45) is 9.08. The summed E-state index contributed by atoms with van der Waals surface area (Å²) in [7, 11) is -0.705. The SMILES string of the molecule is C[Si]1(C)CCCCCCCC1. The van der Waals surface area contributed by atoms with Gasteiger partial charge in [-0.25, -0.2) is 0 Å². The molecular formula is C10H22Si. The second-order valence-electron chi connectivity index (χ2n) is 4.79. The van der Waals surface area contributed by atoms with Crippen LogP contribution in [0.3, 0.4) is 0 Å². The van der Waals surface area contributed by atoms with Gasteiger partial charge in [0.25, 0.3) is 0 Å². The molecule has 0 saturated carbocycles. The van der Waals surface area contributed by atoms with Gasteiger partial charge in [0.15, 0.2) is 0 Å². The van der Waals surface area contributed by atoms with E-state index in [1.807, 2.05) is 0 Å². The van der Waals surface area contributed by atoms with Crippen molar-refractivity contribution in [2.45, 2.75) is 63.7 Å². The Morgan fingerprint density at radius 3 is 1.45 bits per heavy atom. The van der Waals surface area contributed by atoms with E-state index in [1.54, 1.807) is 12.1 Å². The molecule has 0 bridgehead atoms. The molecule has 1 rings (SSSR count). The molecule has 0 nitrogen and oxygen atoms in total.